The molecule has 0 amide bonds. The zero-order valence-corrected chi connectivity index (χ0v) is 33.5. The zero-order valence-electron chi connectivity index (χ0n) is 33.5. The van der Waals surface area contributed by atoms with Gasteiger partial charge in [0.2, 0.25) is 0 Å². The summed E-state index contributed by atoms with van der Waals surface area (Å²) in [6, 6.07) is 8.82. The Balaban J connectivity index is 1.43. The summed E-state index contributed by atoms with van der Waals surface area (Å²) in [5, 5.41) is 67.2. The van der Waals surface area contributed by atoms with Crippen molar-refractivity contribution in [3.05, 3.63) is 106 Å². The molecule has 9 heteroatoms. The van der Waals surface area contributed by atoms with Gasteiger partial charge < -0.3 is 36.2 Å². The molecule has 1 heterocycles. The molecular formula is C46H67N3O6. The highest BCUT2D eigenvalue weighted by Crippen LogP contribution is 2.67. The van der Waals surface area contributed by atoms with E-state index in [4.69, 9.17) is 0 Å². The molecule has 5 rings (SSSR count). The quantitative estimate of drug-likeness (QED) is 0.0595. The van der Waals surface area contributed by atoms with E-state index in [1.165, 1.54) is 11.1 Å². The Morgan fingerprint density at radius 2 is 1.82 bits per heavy atom. The van der Waals surface area contributed by atoms with Crippen LogP contribution in [0.2, 0.25) is 0 Å². The van der Waals surface area contributed by atoms with E-state index in [9.17, 15) is 30.3 Å². The van der Waals surface area contributed by atoms with Crippen molar-refractivity contribution in [3.8, 4) is 0 Å². The second-order valence-electron chi connectivity index (χ2n) is 16.7. The highest BCUT2D eigenvalue weighted by Gasteiger charge is 2.68. The molecule has 2 saturated carbocycles. The lowest BCUT2D eigenvalue weighted by Crippen LogP contribution is -2.65. The van der Waals surface area contributed by atoms with Gasteiger partial charge in [0.15, 0.2) is 0 Å². The highest BCUT2D eigenvalue weighted by atomic mass is 16.3. The van der Waals surface area contributed by atoms with Crippen LogP contribution in [0.5, 0.6) is 0 Å². The van der Waals surface area contributed by atoms with Gasteiger partial charge in [0, 0.05) is 29.9 Å². The van der Waals surface area contributed by atoms with E-state index in [1.54, 1.807) is 0 Å². The lowest BCUT2D eigenvalue weighted by molar-refractivity contribution is -0.194. The number of rotatable bonds is 14. The summed E-state index contributed by atoms with van der Waals surface area (Å²) in [4.78, 5) is 12.3. The Bertz CT molecular complexity index is 1650. The van der Waals surface area contributed by atoms with Crippen LogP contribution < -0.4 is 16.0 Å². The molecule has 0 radical (unpaired) electrons. The fourth-order valence-electron chi connectivity index (χ4n) is 10.5. The van der Waals surface area contributed by atoms with Gasteiger partial charge in [-0.05, 0) is 144 Å². The molecule has 302 valence electrons. The van der Waals surface area contributed by atoms with Crippen LogP contribution in [0.15, 0.2) is 95.2 Å². The average Bonchev–Trinajstić information content (AvgIpc) is 3.52. The molecule has 1 aromatic rings. The number of aliphatic hydroxyl groups excluding tert-OH is 4. The minimum atomic E-state index is -1.23. The number of allylic oxidation sites excluding steroid dienone is 9. The van der Waals surface area contributed by atoms with Crippen LogP contribution in [0.3, 0.4) is 0 Å². The molecule has 4 aliphatic rings. The fourth-order valence-corrected chi connectivity index (χ4v) is 10.5. The summed E-state index contributed by atoms with van der Waals surface area (Å²) >= 11 is 0. The maximum absolute atomic E-state index is 12.8. The third-order valence-electron chi connectivity index (χ3n) is 13.4. The summed E-state index contributed by atoms with van der Waals surface area (Å²) in [5.74, 6) is -0.922. The van der Waals surface area contributed by atoms with Gasteiger partial charge in [-0.25, -0.2) is 0 Å². The first-order valence-corrected chi connectivity index (χ1v) is 20.5. The fraction of sp³-hybridized carbons (Fsp3) is 0.587. The molecule has 1 aromatic carbocycles. The lowest BCUT2D eigenvalue weighted by atomic mass is 9.45. The van der Waals surface area contributed by atoms with Gasteiger partial charge in [0.1, 0.15) is 12.5 Å². The summed E-state index contributed by atoms with van der Waals surface area (Å²) in [6.07, 6.45) is 16.9. The van der Waals surface area contributed by atoms with Gasteiger partial charge in [0.05, 0.1) is 18.3 Å². The molecule has 4 bridgehead atoms. The van der Waals surface area contributed by atoms with Crippen LogP contribution in [-0.2, 0) is 17.6 Å². The smallest absolute Gasteiger partial charge is 0.145 e. The Morgan fingerprint density at radius 3 is 2.51 bits per heavy atom. The van der Waals surface area contributed by atoms with Gasteiger partial charge in [0.25, 0.3) is 0 Å². The second kappa shape index (κ2) is 19.4. The minimum absolute atomic E-state index is 0.0404. The van der Waals surface area contributed by atoms with Crippen molar-refractivity contribution in [2.24, 2.45) is 35.0 Å². The number of carbonyl (C=O) groups excluding carboxylic acids is 1. The largest absolute Gasteiger partial charge is 0.396 e. The van der Waals surface area contributed by atoms with Crippen LogP contribution in [0, 0.1) is 35.0 Å². The molecule has 8 N–H and O–H groups in total. The predicted molar refractivity (Wildman–Crippen MR) is 220 cm³/mol. The minimum Gasteiger partial charge on any atom is -0.396 e. The van der Waals surface area contributed by atoms with Crippen molar-refractivity contribution in [3.63, 3.8) is 0 Å². The van der Waals surface area contributed by atoms with Crippen LogP contribution >= 0.6 is 0 Å². The topological polar surface area (TPSA) is 154 Å². The van der Waals surface area contributed by atoms with Crippen molar-refractivity contribution < 1.29 is 30.3 Å². The second-order valence-corrected chi connectivity index (χ2v) is 16.7. The first-order valence-electron chi connectivity index (χ1n) is 20.5. The Kier molecular flexibility index (Phi) is 15.2. The molecule has 1 aliphatic heterocycles. The standard InChI is InChI=1S/C46H67N3O6/c1-30(36-13-12-31(2)44(54)49-39(17-21-47-4)26-34-10-7-9-33(24-34)25-36)8-6-11-38(29-52)40-16-19-46(43(40)53)42-35(18-23-50)14-15-37(41(42)32(3)28-51)27-45(46,55)20-22-48-5/h6-12,14-15,24,28,35-37,39-40,42-44,47-50,52-55H,1,13,16-23,25-27,29H2,2-5H3/t35-,36-,37-,39-,40+,42+,43+,44+,45+,46+/m0/s1. The first kappa shape index (κ1) is 43.1. The summed E-state index contributed by atoms with van der Waals surface area (Å²) in [7, 11) is 3.80. The number of benzene rings is 1. The third-order valence-corrected chi connectivity index (χ3v) is 13.4. The number of aldehydes is 1. The van der Waals surface area contributed by atoms with E-state index < -0.39 is 29.3 Å². The number of hydrogen-bond donors (Lipinski definition) is 8. The molecule has 0 unspecified atom stereocenters. The SMILES string of the molecule is C=C(C=CC=C(CO)[C@H]1CC[C@]2([C@@H]1O)[C@H]1C(=C(C)C=O)[C@@H](C=C[C@H]1CCO)C[C@]2(O)CCNC)[C@H]1CC=C(C)[C@@H](O)N[C@@H](CCNC)Cc2cccc(c2)C1. The Morgan fingerprint density at radius 1 is 1.07 bits per heavy atom. The van der Waals surface area contributed by atoms with E-state index in [0.29, 0.717) is 56.2 Å². The Labute approximate surface area is 329 Å². The van der Waals surface area contributed by atoms with E-state index >= 15 is 0 Å². The number of carbonyl (C=O) groups is 1. The van der Waals surface area contributed by atoms with E-state index in [-0.39, 0.29) is 42.9 Å². The highest BCUT2D eigenvalue weighted by molar-refractivity contribution is 5.74. The first-order chi connectivity index (χ1) is 26.5. The molecule has 0 saturated heterocycles. The molecule has 3 aliphatic carbocycles. The van der Waals surface area contributed by atoms with Crippen molar-refractivity contribution in [2.45, 2.75) is 95.6 Å². The maximum atomic E-state index is 12.8. The maximum Gasteiger partial charge on any atom is 0.145 e. The van der Waals surface area contributed by atoms with E-state index in [2.05, 4.69) is 65.0 Å². The van der Waals surface area contributed by atoms with Gasteiger partial charge in [-0.2, -0.15) is 0 Å². The van der Waals surface area contributed by atoms with Crippen LogP contribution in [0.4, 0.5) is 0 Å². The summed E-state index contributed by atoms with van der Waals surface area (Å²) in [5.41, 5.74) is 4.36. The zero-order chi connectivity index (χ0) is 39.8. The van der Waals surface area contributed by atoms with Gasteiger partial charge in [-0.15, -0.1) is 0 Å². The van der Waals surface area contributed by atoms with Crippen LogP contribution in [0.1, 0.15) is 69.9 Å². The molecule has 1 spiro atoms. The molecule has 10 atom stereocenters. The van der Waals surface area contributed by atoms with E-state index in [0.717, 1.165) is 48.8 Å². The van der Waals surface area contributed by atoms with Gasteiger partial charge >= 0.3 is 0 Å². The van der Waals surface area contributed by atoms with Gasteiger partial charge in [-0.3, -0.25) is 10.1 Å². The Hall–Kier alpha value is -2.99. The van der Waals surface area contributed by atoms with Crippen molar-refractivity contribution >= 4 is 6.29 Å². The summed E-state index contributed by atoms with van der Waals surface area (Å²) in [6.45, 7) is 9.41. The van der Waals surface area contributed by atoms with Crippen molar-refractivity contribution in [1.29, 1.82) is 0 Å². The average molecular weight is 758 g/mol. The van der Waals surface area contributed by atoms with Crippen LogP contribution in [-0.4, -0.2) is 96.2 Å². The van der Waals surface area contributed by atoms with E-state index in [1.807, 2.05) is 46.2 Å². The molecule has 55 heavy (non-hydrogen) atoms. The number of aliphatic hydroxyl groups is 5. The molecular weight excluding hydrogens is 691 g/mol. The lowest BCUT2D eigenvalue weighted by Gasteiger charge is -2.61. The van der Waals surface area contributed by atoms with Crippen LogP contribution in [0.25, 0.3) is 0 Å². The molecule has 2 fully saturated rings. The third kappa shape index (κ3) is 9.26. The number of fused-ring (bicyclic) bond motifs is 5. The molecule has 9 nitrogen and oxygen atoms in total. The molecule has 0 aromatic heterocycles. The van der Waals surface area contributed by atoms with Gasteiger partial charge in [-0.1, -0.05) is 78.4 Å². The number of nitrogens with one attached hydrogen (secondary N) is 3. The van der Waals surface area contributed by atoms with Crippen molar-refractivity contribution in [2.75, 3.05) is 40.4 Å². The normalized spacial score (nSPS) is 35.0. The summed E-state index contributed by atoms with van der Waals surface area (Å²) < 4.78 is 0. The number of hydrogen-bond acceptors (Lipinski definition) is 9. The predicted octanol–water partition coefficient (Wildman–Crippen LogP) is 4.47. The van der Waals surface area contributed by atoms with Crippen molar-refractivity contribution in [1.82, 2.24) is 16.0 Å². The monoisotopic (exact) mass is 758 g/mol.